The smallest absolute Gasteiger partial charge is 0.336 e. The Morgan fingerprint density at radius 3 is 2.50 bits per heavy atom. The first-order valence-corrected chi connectivity index (χ1v) is 6.92. The third kappa shape index (κ3) is 2.09. The maximum atomic E-state index is 12.2. The molecule has 0 saturated heterocycles. The summed E-state index contributed by atoms with van der Waals surface area (Å²) in [5, 5.41) is 0. The van der Waals surface area contributed by atoms with Crippen molar-refractivity contribution in [3.8, 4) is 0 Å². The lowest BCUT2D eigenvalue weighted by Crippen LogP contribution is -2.58. The number of nitrogens with zero attached hydrogens (tertiary/aromatic N) is 2. The molecule has 0 fully saturated rings. The summed E-state index contributed by atoms with van der Waals surface area (Å²) in [5.41, 5.74) is -0.0369. The molecule has 1 aliphatic heterocycles. The highest BCUT2D eigenvalue weighted by Gasteiger charge is 2.56. The number of methoxy groups -OCH3 is 1. The fourth-order valence-corrected chi connectivity index (χ4v) is 2.87. The van der Waals surface area contributed by atoms with Crippen LogP contribution in [0, 0.1) is 0 Å². The minimum atomic E-state index is -0.823. The average Bonchev–Trinajstić information content (AvgIpc) is 2.71. The summed E-state index contributed by atoms with van der Waals surface area (Å²) in [6.07, 6.45) is 2.40. The fourth-order valence-electron chi connectivity index (χ4n) is 2.87. The van der Waals surface area contributed by atoms with E-state index in [0.717, 1.165) is 6.54 Å². The summed E-state index contributed by atoms with van der Waals surface area (Å²) < 4.78 is 4.98. The van der Waals surface area contributed by atoms with E-state index in [2.05, 4.69) is 22.0 Å². The molecule has 4 heteroatoms. The van der Waals surface area contributed by atoms with Gasteiger partial charge in [-0.25, -0.2) is 4.79 Å². The van der Waals surface area contributed by atoms with Crippen molar-refractivity contribution >= 4 is 12.3 Å². The van der Waals surface area contributed by atoms with Gasteiger partial charge in [0.05, 0.1) is 19.0 Å². The van der Waals surface area contributed by atoms with Crippen LogP contribution in [-0.2, 0) is 16.1 Å². The molecule has 108 valence electrons. The van der Waals surface area contributed by atoms with Crippen LogP contribution >= 0.6 is 0 Å². The molecule has 1 aromatic rings. The van der Waals surface area contributed by atoms with Gasteiger partial charge in [0.15, 0.2) is 5.54 Å². The van der Waals surface area contributed by atoms with Gasteiger partial charge in [-0.1, -0.05) is 37.3 Å². The molecule has 0 amide bonds. The Kier molecular flexibility index (Phi) is 3.84. The van der Waals surface area contributed by atoms with E-state index < -0.39 is 11.1 Å². The lowest BCUT2D eigenvalue weighted by molar-refractivity contribution is -0.151. The second-order valence-electron chi connectivity index (χ2n) is 5.62. The summed E-state index contributed by atoms with van der Waals surface area (Å²) in [6.45, 7) is 6.80. The second-order valence-corrected chi connectivity index (χ2v) is 5.62. The van der Waals surface area contributed by atoms with E-state index in [1.54, 1.807) is 6.34 Å². The van der Waals surface area contributed by atoms with Gasteiger partial charge in [0.1, 0.15) is 0 Å². The first kappa shape index (κ1) is 14.6. The van der Waals surface area contributed by atoms with Crippen molar-refractivity contribution < 1.29 is 9.53 Å². The van der Waals surface area contributed by atoms with Gasteiger partial charge in [0.2, 0.25) is 0 Å². The Balaban J connectivity index is 2.28. The highest BCUT2D eigenvalue weighted by molar-refractivity contribution is 5.87. The fraction of sp³-hybridized carbons (Fsp3) is 0.500. The van der Waals surface area contributed by atoms with E-state index in [1.165, 1.54) is 12.7 Å². The summed E-state index contributed by atoms with van der Waals surface area (Å²) in [6, 6.07) is 10.2. The van der Waals surface area contributed by atoms with Crippen LogP contribution in [0.15, 0.2) is 35.3 Å². The Morgan fingerprint density at radius 2 is 1.95 bits per heavy atom. The Hall–Kier alpha value is -1.84. The quantitative estimate of drug-likeness (QED) is 0.793. The first-order valence-electron chi connectivity index (χ1n) is 6.92. The third-order valence-electron chi connectivity index (χ3n) is 4.38. The van der Waals surface area contributed by atoms with E-state index >= 15 is 0 Å². The number of carbonyl (C=O) groups excluding carboxylic acids is 1. The van der Waals surface area contributed by atoms with Crippen molar-refractivity contribution in [1.29, 1.82) is 0 Å². The number of ether oxygens (including phenoxy) is 1. The number of hydrogen-bond acceptors (Lipinski definition) is 4. The lowest BCUT2D eigenvalue weighted by Gasteiger charge is -2.42. The van der Waals surface area contributed by atoms with Crippen LogP contribution in [0.25, 0.3) is 0 Å². The molecular weight excluding hydrogens is 252 g/mol. The van der Waals surface area contributed by atoms with Crippen LogP contribution in [-0.4, -0.2) is 35.4 Å². The number of rotatable bonds is 4. The third-order valence-corrected chi connectivity index (χ3v) is 4.38. The number of aliphatic imine (C=N–C) groups is 1. The molecule has 1 heterocycles. The van der Waals surface area contributed by atoms with E-state index in [0.29, 0.717) is 6.42 Å². The second kappa shape index (κ2) is 5.27. The van der Waals surface area contributed by atoms with Crippen LogP contribution in [0.5, 0.6) is 0 Å². The molecule has 0 radical (unpaired) electrons. The molecule has 1 aromatic carbocycles. The first-order chi connectivity index (χ1) is 9.48. The normalized spacial score (nSPS) is 23.9. The predicted octanol–water partition coefficient (Wildman–Crippen LogP) is 2.63. The molecule has 0 aliphatic carbocycles. The van der Waals surface area contributed by atoms with Gasteiger partial charge in [0.25, 0.3) is 0 Å². The van der Waals surface area contributed by atoms with Crippen LogP contribution in [0.2, 0.25) is 0 Å². The molecule has 1 unspecified atom stereocenters. The molecule has 4 nitrogen and oxygen atoms in total. The average molecular weight is 274 g/mol. The van der Waals surface area contributed by atoms with E-state index in [1.807, 2.05) is 39.0 Å². The van der Waals surface area contributed by atoms with E-state index in [4.69, 9.17) is 4.74 Å². The van der Waals surface area contributed by atoms with Crippen molar-refractivity contribution in [2.45, 2.75) is 44.8 Å². The number of esters is 1. The van der Waals surface area contributed by atoms with Gasteiger partial charge < -0.3 is 9.64 Å². The summed E-state index contributed by atoms with van der Waals surface area (Å²) >= 11 is 0. The van der Waals surface area contributed by atoms with Gasteiger partial charge in [-0.3, -0.25) is 4.99 Å². The predicted molar refractivity (Wildman–Crippen MR) is 79.6 cm³/mol. The van der Waals surface area contributed by atoms with Gasteiger partial charge in [-0.2, -0.15) is 0 Å². The van der Waals surface area contributed by atoms with Gasteiger partial charge >= 0.3 is 5.97 Å². The van der Waals surface area contributed by atoms with Crippen molar-refractivity contribution in [2.24, 2.45) is 4.99 Å². The standard InChI is InChI=1S/C16H22N2O2/c1-5-16(14(19)20-4)15(2,3)18(12-17-16)11-13-9-7-6-8-10-13/h6-10,12H,5,11H2,1-4H3. The number of hydrogen-bond donors (Lipinski definition) is 0. The zero-order chi connectivity index (χ0) is 14.8. The Bertz CT molecular complexity index is 510. The zero-order valence-electron chi connectivity index (χ0n) is 12.6. The lowest BCUT2D eigenvalue weighted by atomic mass is 9.77. The largest absolute Gasteiger partial charge is 0.467 e. The summed E-state index contributed by atoms with van der Waals surface area (Å²) in [5.74, 6) is -0.267. The van der Waals surface area contributed by atoms with E-state index in [9.17, 15) is 4.79 Å². The molecule has 0 aromatic heterocycles. The highest BCUT2D eigenvalue weighted by atomic mass is 16.5. The van der Waals surface area contributed by atoms with Gasteiger partial charge in [0, 0.05) is 6.54 Å². The van der Waals surface area contributed by atoms with Gasteiger partial charge in [-0.05, 0) is 25.8 Å². The number of carbonyl (C=O) groups is 1. The van der Waals surface area contributed by atoms with Gasteiger partial charge in [-0.15, -0.1) is 0 Å². The van der Waals surface area contributed by atoms with Crippen molar-refractivity contribution in [2.75, 3.05) is 7.11 Å². The minimum Gasteiger partial charge on any atom is -0.467 e. The zero-order valence-corrected chi connectivity index (χ0v) is 12.6. The molecule has 0 spiro atoms. The number of benzene rings is 1. The van der Waals surface area contributed by atoms with Crippen LogP contribution in [0.1, 0.15) is 32.8 Å². The molecule has 0 bridgehead atoms. The SMILES string of the molecule is CCC1(C(=O)OC)N=CN(Cc2ccccc2)C1(C)C. The molecule has 0 N–H and O–H groups in total. The van der Waals surface area contributed by atoms with Crippen LogP contribution < -0.4 is 0 Å². The van der Waals surface area contributed by atoms with Crippen molar-refractivity contribution in [3.05, 3.63) is 35.9 Å². The van der Waals surface area contributed by atoms with Crippen LogP contribution in [0.4, 0.5) is 0 Å². The maximum Gasteiger partial charge on any atom is 0.336 e. The molecule has 0 saturated carbocycles. The minimum absolute atomic E-state index is 0.267. The Labute approximate surface area is 120 Å². The molecule has 20 heavy (non-hydrogen) atoms. The topological polar surface area (TPSA) is 41.9 Å². The molecular formula is C16H22N2O2. The molecule has 1 atom stereocenters. The Morgan fingerprint density at radius 1 is 1.30 bits per heavy atom. The van der Waals surface area contributed by atoms with Crippen molar-refractivity contribution in [1.82, 2.24) is 4.90 Å². The van der Waals surface area contributed by atoms with Crippen molar-refractivity contribution in [3.63, 3.8) is 0 Å². The van der Waals surface area contributed by atoms with Crippen LogP contribution in [0.3, 0.4) is 0 Å². The maximum absolute atomic E-state index is 12.2. The molecule has 2 rings (SSSR count). The highest BCUT2D eigenvalue weighted by Crippen LogP contribution is 2.40. The summed E-state index contributed by atoms with van der Waals surface area (Å²) in [7, 11) is 1.42. The molecule has 1 aliphatic rings. The van der Waals surface area contributed by atoms with E-state index in [-0.39, 0.29) is 5.97 Å². The summed E-state index contributed by atoms with van der Waals surface area (Å²) in [4.78, 5) is 18.8. The monoisotopic (exact) mass is 274 g/mol.